The summed E-state index contributed by atoms with van der Waals surface area (Å²) >= 11 is 0. The normalized spacial score (nSPS) is 15.9. The van der Waals surface area contributed by atoms with Crippen LogP contribution in [0, 0.1) is 0 Å². The predicted octanol–water partition coefficient (Wildman–Crippen LogP) is 3.37. The van der Waals surface area contributed by atoms with E-state index in [1.165, 1.54) is 0 Å². The Hall–Kier alpha value is -2.62. The number of benzene rings is 2. The van der Waals surface area contributed by atoms with E-state index >= 15 is 0 Å². The lowest BCUT2D eigenvalue weighted by atomic mass is 9.90. The molecule has 1 unspecified atom stereocenters. The number of rotatable bonds is 5. The number of anilines is 1. The number of aryl methyl sites for hydroxylation is 1. The number of hydrogen-bond acceptors (Lipinski definition) is 3. The van der Waals surface area contributed by atoms with Gasteiger partial charge in [-0.05, 0) is 30.7 Å². The van der Waals surface area contributed by atoms with Crippen LogP contribution < -0.4 is 16.0 Å². The van der Waals surface area contributed by atoms with E-state index in [-0.39, 0.29) is 35.8 Å². The number of fused-ring (bicyclic) bond motifs is 2. The Morgan fingerprint density at radius 2 is 1.97 bits per heavy atom. The highest BCUT2D eigenvalue weighted by molar-refractivity contribution is 14.0. The average Bonchev–Trinajstić information content (AvgIpc) is 3.05. The number of hydrogen-bond donors (Lipinski definition) is 3. The van der Waals surface area contributed by atoms with Gasteiger partial charge in [-0.1, -0.05) is 30.3 Å². The number of carbonyl (C=O) groups excluding carboxylic acids is 1. The predicted molar refractivity (Wildman–Crippen MR) is 131 cm³/mol. The van der Waals surface area contributed by atoms with Crippen molar-refractivity contribution in [3.8, 4) is 0 Å². The molecule has 8 heteroatoms. The molecule has 1 amide bonds. The maximum Gasteiger partial charge on any atom is 0.225 e. The molecule has 0 saturated heterocycles. The fraction of sp³-hybridized carbons (Fsp3) is 0.318. The van der Waals surface area contributed by atoms with Crippen LogP contribution in [0.25, 0.3) is 11.0 Å². The number of halogens is 1. The van der Waals surface area contributed by atoms with Crippen LogP contribution in [0.4, 0.5) is 5.69 Å². The van der Waals surface area contributed by atoms with Crippen LogP contribution >= 0.6 is 24.0 Å². The maximum absolute atomic E-state index is 12.0. The van der Waals surface area contributed by atoms with Crippen LogP contribution in [-0.4, -0.2) is 34.5 Å². The fourth-order valence-corrected chi connectivity index (χ4v) is 3.73. The lowest BCUT2D eigenvalue weighted by Crippen LogP contribution is -2.40. The summed E-state index contributed by atoms with van der Waals surface area (Å²) in [6, 6.07) is 16.1. The summed E-state index contributed by atoms with van der Waals surface area (Å²) in [4.78, 5) is 21.4. The van der Waals surface area contributed by atoms with Crippen molar-refractivity contribution in [1.82, 2.24) is 20.2 Å². The van der Waals surface area contributed by atoms with Crippen molar-refractivity contribution < 1.29 is 4.79 Å². The smallest absolute Gasteiger partial charge is 0.225 e. The van der Waals surface area contributed by atoms with Crippen molar-refractivity contribution in [2.45, 2.75) is 25.8 Å². The zero-order valence-electron chi connectivity index (χ0n) is 17.2. The Bertz CT molecular complexity index is 1060. The molecule has 158 valence electrons. The Kier molecular flexibility index (Phi) is 7.30. The minimum absolute atomic E-state index is 0. The summed E-state index contributed by atoms with van der Waals surface area (Å²) in [5.41, 5.74) is 4.13. The van der Waals surface area contributed by atoms with E-state index < -0.39 is 0 Å². The van der Waals surface area contributed by atoms with Gasteiger partial charge in [-0.2, -0.15) is 0 Å². The van der Waals surface area contributed by atoms with E-state index in [1.807, 2.05) is 50.4 Å². The SMILES string of the molecule is CCNC(=NCc1nc2ccccc2n1C)NCC1CC(=O)Nc2ccccc21.I. The summed E-state index contributed by atoms with van der Waals surface area (Å²) in [7, 11) is 2.01. The maximum atomic E-state index is 12.0. The molecule has 3 N–H and O–H groups in total. The molecule has 0 fully saturated rings. The number of nitrogens with zero attached hydrogens (tertiary/aromatic N) is 3. The van der Waals surface area contributed by atoms with E-state index in [2.05, 4.69) is 37.6 Å². The van der Waals surface area contributed by atoms with Crippen LogP contribution in [0.3, 0.4) is 0 Å². The van der Waals surface area contributed by atoms with Crippen molar-refractivity contribution >= 4 is 52.6 Å². The van der Waals surface area contributed by atoms with Gasteiger partial charge in [-0.3, -0.25) is 4.79 Å². The number of para-hydroxylation sites is 3. The molecule has 7 nitrogen and oxygen atoms in total. The highest BCUT2D eigenvalue weighted by atomic mass is 127. The van der Waals surface area contributed by atoms with Crippen molar-refractivity contribution in [3.05, 3.63) is 59.9 Å². The largest absolute Gasteiger partial charge is 0.357 e. The number of carbonyl (C=O) groups is 1. The van der Waals surface area contributed by atoms with Gasteiger partial charge in [0.1, 0.15) is 12.4 Å². The Balaban J connectivity index is 0.00000256. The molecular formula is C22H27IN6O. The molecular weight excluding hydrogens is 491 g/mol. The number of guanidine groups is 1. The van der Waals surface area contributed by atoms with Gasteiger partial charge in [-0.15, -0.1) is 24.0 Å². The highest BCUT2D eigenvalue weighted by Gasteiger charge is 2.24. The summed E-state index contributed by atoms with van der Waals surface area (Å²) in [5, 5.41) is 9.62. The molecule has 0 radical (unpaired) electrons. The van der Waals surface area contributed by atoms with Gasteiger partial charge in [0.2, 0.25) is 5.91 Å². The first-order chi connectivity index (χ1) is 14.2. The summed E-state index contributed by atoms with van der Waals surface area (Å²) in [6.45, 7) is 3.91. The molecule has 0 saturated carbocycles. The molecule has 0 spiro atoms. The van der Waals surface area contributed by atoms with Gasteiger partial charge in [0.25, 0.3) is 0 Å². The molecule has 1 atom stereocenters. The minimum Gasteiger partial charge on any atom is -0.357 e. The zero-order chi connectivity index (χ0) is 20.2. The Labute approximate surface area is 193 Å². The average molecular weight is 518 g/mol. The van der Waals surface area contributed by atoms with Crippen LogP contribution in [-0.2, 0) is 18.4 Å². The number of nitrogens with one attached hydrogen (secondary N) is 3. The third-order valence-corrected chi connectivity index (χ3v) is 5.22. The second-order valence-corrected chi connectivity index (χ2v) is 7.19. The number of imidazole rings is 1. The topological polar surface area (TPSA) is 83.3 Å². The van der Waals surface area contributed by atoms with Gasteiger partial charge >= 0.3 is 0 Å². The number of aliphatic imine (C=N–C) groups is 1. The first-order valence-corrected chi connectivity index (χ1v) is 9.97. The standard InChI is InChI=1S/C22H26N6O.HI/c1-3-23-22(25-14-20-26-18-10-6-7-11-19(18)28(20)2)24-13-15-12-21(29)27-17-9-5-4-8-16(15)17;/h4-11,15H,3,12-14H2,1-2H3,(H,27,29)(H2,23,24,25);1H. The van der Waals surface area contributed by atoms with E-state index in [4.69, 9.17) is 4.99 Å². The Morgan fingerprint density at radius 3 is 2.77 bits per heavy atom. The molecule has 1 aliphatic rings. The Morgan fingerprint density at radius 1 is 1.20 bits per heavy atom. The molecule has 0 bridgehead atoms. The molecule has 4 rings (SSSR count). The summed E-state index contributed by atoms with van der Waals surface area (Å²) in [5.74, 6) is 1.80. The van der Waals surface area contributed by atoms with Gasteiger partial charge in [-0.25, -0.2) is 9.98 Å². The quantitative estimate of drug-likeness (QED) is 0.275. The third kappa shape index (κ3) is 4.75. The van der Waals surface area contributed by atoms with Crippen LogP contribution in [0.15, 0.2) is 53.5 Å². The number of amides is 1. The van der Waals surface area contributed by atoms with Crippen molar-refractivity contribution in [3.63, 3.8) is 0 Å². The summed E-state index contributed by atoms with van der Waals surface area (Å²) in [6.07, 6.45) is 0.466. The van der Waals surface area contributed by atoms with Gasteiger partial charge < -0.3 is 20.5 Å². The van der Waals surface area contributed by atoms with Crippen LogP contribution in [0.1, 0.15) is 30.7 Å². The first kappa shape index (κ1) is 22.1. The van der Waals surface area contributed by atoms with Crippen molar-refractivity contribution in [1.29, 1.82) is 0 Å². The fourth-order valence-electron chi connectivity index (χ4n) is 3.73. The van der Waals surface area contributed by atoms with E-state index in [0.29, 0.717) is 19.5 Å². The van der Waals surface area contributed by atoms with Crippen LogP contribution in [0.2, 0.25) is 0 Å². The van der Waals surface area contributed by atoms with E-state index in [9.17, 15) is 4.79 Å². The van der Waals surface area contributed by atoms with E-state index in [1.54, 1.807) is 0 Å². The van der Waals surface area contributed by atoms with Gasteiger partial charge in [0.15, 0.2) is 5.96 Å². The molecule has 1 aromatic heterocycles. The van der Waals surface area contributed by atoms with Crippen molar-refractivity contribution in [2.24, 2.45) is 12.0 Å². The van der Waals surface area contributed by atoms with E-state index in [0.717, 1.165) is 40.6 Å². The lowest BCUT2D eigenvalue weighted by molar-refractivity contribution is -0.116. The second-order valence-electron chi connectivity index (χ2n) is 7.19. The van der Waals surface area contributed by atoms with Gasteiger partial charge in [0.05, 0.1) is 11.0 Å². The molecule has 2 aromatic carbocycles. The molecule has 3 aromatic rings. The highest BCUT2D eigenvalue weighted by Crippen LogP contribution is 2.31. The molecule has 30 heavy (non-hydrogen) atoms. The monoisotopic (exact) mass is 518 g/mol. The van der Waals surface area contributed by atoms with Gasteiger partial charge in [0, 0.05) is 38.2 Å². The number of aromatic nitrogens is 2. The molecule has 2 heterocycles. The minimum atomic E-state index is 0. The molecule has 0 aliphatic carbocycles. The summed E-state index contributed by atoms with van der Waals surface area (Å²) < 4.78 is 2.07. The van der Waals surface area contributed by atoms with Crippen molar-refractivity contribution in [2.75, 3.05) is 18.4 Å². The van der Waals surface area contributed by atoms with Crippen LogP contribution in [0.5, 0.6) is 0 Å². The first-order valence-electron chi connectivity index (χ1n) is 9.97. The zero-order valence-corrected chi connectivity index (χ0v) is 19.5. The third-order valence-electron chi connectivity index (χ3n) is 5.22. The molecule has 1 aliphatic heterocycles. The lowest BCUT2D eigenvalue weighted by Gasteiger charge is -2.26. The second kappa shape index (κ2) is 9.92.